The number of aryl methyl sites for hydroxylation is 1. The fraction of sp³-hybridized carbons (Fsp3) is 0.312. The highest BCUT2D eigenvalue weighted by Crippen LogP contribution is 2.03. The highest BCUT2D eigenvalue weighted by molar-refractivity contribution is 14.0. The quantitative estimate of drug-likeness (QED) is 0.447. The van der Waals surface area contributed by atoms with Crippen molar-refractivity contribution in [3.8, 4) is 0 Å². The number of benzene rings is 1. The number of rotatable bonds is 5. The van der Waals surface area contributed by atoms with E-state index < -0.39 is 0 Å². The second-order valence-corrected chi connectivity index (χ2v) is 4.86. The predicted octanol–water partition coefficient (Wildman–Crippen LogP) is 3.04. The maximum atomic E-state index is 12.9. The van der Waals surface area contributed by atoms with Gasteiger partial charge in [-0.2, -0.15) is 0 Å². The van der Waals surface area contributed by atoms with Gasteiger partial charge in [0, 0.05) is 32.5 Å². The van der Waals surface area contributed by atoms with E-state index in [1.807, 2.05) is 37.0 Å². The number of guanidine groups is 1. The van der Waals surface area contributed by atoms with Crippen LogP contribution in [0.3, 0.4) is 0 Å². The number of nitrogens with one attached hydrogen (secondary N) is 2. The van der Waals surface area contributed by atoms with Crippen LogP contribution >= 0.6 is 24.0 Å². The van der Waals surface area contributed by atoms with Gasteiger partial charge in [0.15, 0.2) is 5.96 Å². The number of aromatic nitrogens is 1. The van der Waals surface area contributed by atoms with E-state index in [-0.39, 0.29) is 29.8 Å². The Morgan fingerprint density at radius 1 is 1.14 bits per heavy atom. The summed E-state index contributed by atoms with van der Waals surface area (Å²) in [4.78, 5) is 4.54. The van der Waals surface area contributed by atoms with Gasteiger partial charge in [0.2, 0.25) is 0 Å². The number of hydrogen-bond acceptors (Lipinski definition) is 1. The van der Waals surface area contributed by atoms with Gasteiger partial charge in [-0.1, -0.05) is 12.1 Å². The molecule has 0 aliphatic rings. The monoisotopic (exact) mass is 416 g/mol. The molecule has 0 spiro atoms. The molecular weight excluding hydrogens is 394 g/mol. The number of halogens is 2. The van der Waals surface area contributed by atoms with Crippen LogP contribution in [-0.2, 0) is 20.1 Å². The Balaban J connectivity index is 0.00000242. The molecule has 0 radical (unpaired) electrons. The van der Waals surface area contributed by atoms with E-state index in [9.17, 15) is 4.39 Å². The van der Waals surface area contributed by atoms with Crippen LogP contribution in [0.2, 0.25) is 0 Å². The smallest absolute Gasteiger partial charge is 0.191 e. The summed E-state index contributed by atoms with van der Waals surface area (Å²) in [5.74, 6) is 0.536. The molecule has 1 aromatic carbocycles. The van der Waals surface area contributed by atoms with E-state index in [1.54, 1.807) is 12.1 Å². The number of aliphatic imine (C=N–C) groups is 1. The lowest BCUT2D eigenvalue weighted by atomic mass is 10.2. The molecule has 4 nitrogen and oxygen atoms in total. The van der Waals surface area contributed by atoms with Crippen LogP contribution in [0.25, 0.3) is 0 Å². The number of hydrogen-bond donors (Lipinski definition) is 2. The van der Waals surface area contributed by atoms with Crippen LogP contribution in [0.5, 0.6) is 0 Å². The van der Waals surface area contributed by atoms with Crippen molar-refractivity contribution < 1.29 is 4.39 Å². The van der Waals surface area contributed by atoms with Gasteiger partial charge >= 0.3 is 0 Å². The highest BCUT2D eigenvalue weighted by atomic mass is 127. The molecule has 0 aliphatic heterocycles. The normalized spacial score (nSPS) is 11.0. The molecule has 0 aliphatic carbocycles. The third-order valence-corrected chi connectivity index (χ3v) is 3.03. The van der Waals surface area contributed by atoms with E-state index in [0.29, 0.717) is 13.1 Å². The summed E-state index contributed by atoms with van der Waals surface area (Å²) in [5, 5.41) is 6.44. The van der Waals surface area contributed by atoms with Gasteiger partial charge in [0.25, 0.3) is 0 Å². The van der Waals surface area contributed by atoms with Crippen molar-refractivity contribution >= 4 is 29.9 Å². The van der Waals surface area contributed by atoms with Gasteiger partial charge in [-0.05, 0) is 36.2 Å². The maximum absolute atomic E-state index is 12.9. The summed E-state index contributed by atoms with van der Waals surface area (Å²) < 4.78 is 14.9. The van der Waals surface area contributed by atoms with Crippen molar-refractivity contribution in [1.82, 2.24) is 15.2 Å². The fourth-order valence-electron chi connectivity index (χ4n) is 1.95. The molecule has 2 rings (SSSR count). The van der Waals surface area contributed by atoms with Gasteiger partial charge in [-0.3, -0.25) is 0 Å². The molecule has 1 heterocycles. The molecule has 120 valence electrons. The lowest BCUT2D eigenvalue weighted by Gasteiger charge is -2.11. The second kappa shape index (κ2) is 9.45. The van der Waals surface area contributed by atoms with Crippen molar-refractivity contribution in [2.45, 2.75) is 20.0 Å². The molecule has 6 heteroatoms. The molecule has 0 fully saturated rings. The Hall–Kier alpha value is -1.57. The summed E-state index contributed by atoms with van der Waals surface area (Å²) in [6, 6.07) is 8.51. The van der Waals surface area contributed by atoms with E-state index in [1.165, 1.54) is 12.1 Å². The van der Waals surface area contributed by atoms with Crippen LogP contribution in [0.15, 0.2) is 47.7 Å². The molecule has 0 saturated carbocycles. The summed E-state index contributed by atoms with van der Waals surface area (Å²) in [6.07, 6.45) is 4.05. The Morgan fingerprint density at radius 2 is 1.86 bits per heavy atom. The molecule has 22 heavy (non-hydrogen) atoms. The van der Waals surface area contributed by atoms with E-state index in [4.69, 9.17) is 0 Å². The van der Waals surface area contributed by atoms with E-state index >= 15 is 0 Å². The van der Waals surface area contributed by atoms with Crippen LogP contribution in [0.1, 0.15) is 18.1 Å². The minimum absolute atomic E-state index is 0. The maximum Gasteiger partial charge on any atom is 0.191 e. The topological polar surface area (TPSA) is 41.4 Å². The Morgan fingerprint density at radius 3 is 2.45 bits per heavy atom. The van der Waals surface area contributed by atoms with E-state index in [0.717, 1.165) is 23.6 Å². The number of nitrogens with zero attached hydrogens (tertiary/aromatic N) is 2. The molecule has 0 unspecified atom stereocenters. The predicted molar refractivity (Wildman–Crippen MR) is 98.9 cm³/mol. The van der Waals surface area contributed by atoms with Crippen molar-refractivity contribution in [1.29, 1.82) is 0 Å². The Labute approximate surface area is 147 Å². The molecule has 2 N–H and O–H groups in total. The first kappa shape index (κ1) is 18.5. The van der Waals surface area contributed by atoms with Crippen molar-refractivity contribution in [2.75, 3.05) is 6.54 Å². The van der Waals surface area contributed by atoms with Gasteiger partial charge in [-0.15, -0.1) is 24.0 Å². The Bertz CT molecular complexity index is 592. The third kappa shape index (κ3) is 6.05. The minimum atomic E-state index is -0.219. The highest BCUT2D eigenvalue weighted by Gasteiger charge is 1.99. The molecular formula is C16H22FIN4. The lowest BCUT2D eigenvalue weighted by Crippen LogP contribution is -2.36. The van der Waals surface area contributed by atoms with Crippen LogP contribution < -0.4 is 10.6 Å². The molecule has 2 aromatic rings. The second-order valence-electron chi connectivity index (χ2n) is 4.86. The minimum Gasteiger partial charge on any atom is -0.357 e. The van der Waals surface area contributed by atoms with Crippen LogP contribution in [0.4, 0.5) is 4.39 Å². The average Bonchev–Trinajstić information content (AvgIpc) is 2.89. The zero-order valence-corrected chi connectivity index (χ0v) is 15.2. The summed E-state index contributed by atoms with van der Waals surface area (Å²) in [5.41, 5.74) is 2.18. The SMILES string of the molecule is CCNC(=NCc1ccn(C)c1)NCc1ccc(F)cc1.I. The van der Waals surface area contributed by atoms with Crippen molar-refractivity contribution in [2.24, 2.45) is 12.0 Å². The average molecular weight is 416 g/mol. The molecule has 0 atom stereocenters. The van der Waals surface area contributed by atoms with Gasteiger partial charge in [0.05, 0.1) is 6.54 Å². The summed E-state index contributed by atoms with van der Waals surface area (Å²) in [6.45, 7) is 4.06. The van der Waals surface area contributed by atoms with Crippen LogP contribution in [0, 0.1) is 5.82 Å². The lowest BCUT2D eigenvalue weighted by molar-refractivity contribution is 0.626. The largest absolute Gasteiger partial charge is 0.357 e. The summed E-state index contributed by atoms with van der Waals surface area (Å²) >= 11 is 0. The van der Waals surface area contributed by atoms with Crippen molar-refractivity contribution in [3.05, 3.63) is 59.7 Å². The van der Waals surface area contributed by atoms with Gasteiger partial charge in [0.1, 0.15) is 5.82 Å². The standard InChI is InChI=1S/C16H21FN4.HI/c1-3-18-16(20-11-14-8-9-21(2)12-14)19-10-13-4-6-15(17)7-5-13;/h4-9,12H,3,10-11H2,1-2H3,(H2,18,19,20);1H. The Kier molecular flexibility index (Phi) is 7.94. The molecule has 0 saturated heterocycles. The molecule has 1 aromatic heterocycles. The van der Waals surface area contributed by atoms with Crippen molar-refractivity contribution in [3.63, 3.8) is 0 Å². The molecule has 0 bridgehead atoms. The van der Waals surface area contributed by atoms with Gasteiger partial charge < -0.3 is 15.2 Å². The molecule has 0 amide bonds. The first-order valence-corrected chi connectivity index (χ1v) is 7.05. The first-order valence-electron chi connectivity index (χ1n) is 7.05. The third-order valence-electron chi connectivity index (χ3n) is 3.03. The van der Waals surface area contributed by atoms with E-state index in [2.05, 4.69) is 15.6 Å². The fourth-order valence-corrected chi connectivity index (χ4v) is 1.95. The van der Waals surface area contributed by atoms with Gasteiger partial charge in [-0.25, -0.2) is 9.38 Å². The first-order chi connectivity index (χ1) is 10.2. The van der Waals surface area contributed by atoms with Crippen LogP contribution in [-0.4, -0.2) is 17.1 Å². The summed E-state index contributed by atoms with van der Waals surface area (Å²) in [7, 11) is 1.99. The zero-order valence-electron chi connectivity index (χ0n) is 12.8. The zero-order chi connectivity index (χ0) is 15.1.